The van der Waals surface area contributed by atoms with Gasteiger partial charge in [0.1, 0.15) is 5.84 Å². The number of carbonyl (C=O) groups excluding carboxylic acids is 1. The summed E-state index contributed by atoms with van der Waals surface area (Å²) in [6.45, 7) is 1.61. The number of halogens is 3. The zero-order chi connectivity index (χ0) is 21.2. The van der Waals surface area contributed by atoms with Crippen LogP contribution in [0.4, 0.5) is 13.2 Å². The number of amidine groups is 1. The summed E-state index contributed by atoms with van der Waals surface area (Å²) in [4.78, 5) is 16.4. The van der Waals surface area contributed by atoms with E-state index in [4.69, 9.17) is 0 Å². The van der Waals surface area contributed by atoms with Crippen molar-refractivity contribution in [1.29, 1.82) is 0 Å². The molecule has 0 bridgehead atoms. The van der Waals surface area contributed by atoms with Gasteiger partial charge in [0.25, 0.3) is 10.0 Å². The molecule has 0 aliphatic carbocycles. The Balaban J connectivity index is 1.61. The third-order valence-electron chi connectivity index (χ3n) is 4.36. The summed E-state index contributed by atoms with van der Waals surface area (Å²) in [6, 6.07) is 10.5. The number of nitrogens with one attached hydrogen (secondary N) is 2. The Labute approximate surface area is 165 Å². The molecular formula is C19H18F3N3O3S. The Kier molecular flexibility index (Phi) is 5.65. The average Bonchev–Trinajstić information content (AvgIpc) is 2.92. The van der Waals surface area contributed by atoms with Crippen LogP contribution < -0.4 is 10.0 Å². The largest absolute Gasteiger partial charge is 0.416 e. The molecule has 154 valence electrons. The summed E-state index contributed by atoms with van der Waals surface area (Å²) < 4.78 is 64.8. The number of aliphatic imine (C=N–C) groups is 1. The third-order valence-corrected chi connectivity index (χ3v) is 5.76. The highest BCUT2D eigenvalue weighted by Gasteiger charge is 2.31. The van der Waals surface area contributed by atoms with Gasteiger partial charge in [-0.05, 0) is 36.8 Å². The second kappa shape index (κ2) is 7.86. The number of alkyl halides is 3. The molecule has 2 aromatic rings. The number of hydrogen-bond acceptors (Lipinski definition) is 4. The lowest BCUT2D eigenvalue weighted by molar-refractivity contribution is -0.137. The fourth-order valence-electron chi connectivity index (χ4n) is 2.90. The predicted molar refractivity (Wildman–Crippen MR) is 101 cm³/mol. The Morgan fingerprint density at radius 2 is 1.90 bits per heavy atom. The van der Waals surface area contributed by atoms with Crippen LogP contribution >= 0.6 is 0 Å². The summed E-state index contributed by atoms with van der Waals surface area (Å²) in [5, 5.41) is 2.62. The van der Waals surface area contributed by atoms with Crippen molar-refractivity contribution in [3.63, 3.8) is 0 Å². The SMILES string of the molecule is CC(NC(=O)CCN=C1NS(=O)(=O)c2ccccc21)c1cccc(C(F)(F)F)c1. The minimum atomic E-state index is -4.46. The zero-order valence-corrected chi connectivity index (χ0v) is 16.1. The molecule has 0 radical (unpaired) electrons. The highest BCUT2D eigenvalue weighted by Crippen LogP contribution is 2.30. The molecule has 0 fully saturated rings. The van der Waals surface area contributed by atoms with Gasteiger partial charge in [-0.2, -0.15) is 13.2 Å². The van der Waals surface area contributed by atoms with Crippen LogP contribution in [0, 0.1) is 0 Å². The first kappa shape index (κ1) is 20.8. The first-order chi connectivity index (χ1) is 13.6. The molecule has 1 amide bonds. The van der Waals surface area contributed by atoms with Crippen LogP contribution in [0.5, 0.6) is 0 Å². The standard InChI is InChI=1S/C19H18F3N3O3S/c1-12(13-5-4-6-14(11-13)19(20,21)22)24-17(26)9-10-23-18-15-7-2-3-8-16(15)29(27,28)25-18/h2-8,11-12H,9-10H2,1H3,(H,23,25)(H,24,26). The van der Waals surface area contributed by atoms with Crippen LogP contribution in [-0.2, 0) is 21.0 Å². The van der Waals surface area contributed by atoms with E-state index in [2.05, 4.69) is 15.0 Å². The van der Waals surface area contributed by atoms with Crippen molar-refractivity contribution in [2.24, 2.45) is 4.99 Å². The minimum absolute atomic E-state index is 0.0212. The lowest BCUT2D eigenvalue weighted by Gasteiger charge is -2.16. The van der Waals surface area contributed by atoms with Gasteiger partial charge in [-0.15, -0.1) is 0 Å². The van der Waals surface area contributed by atoms with Gasteiger partial charge >= 0.3 is 6.18 Å². The lowest BCUT2D eigenvalue weighted by atomic mass is 10.0. The van der Waals surface area contributed by atoms with Crippen molar-refractivity contribution in [3.8, 4) is 0 Å². The molecule has 6 nitrogen and oxygen atoms in total. The molecule has 2 N–H and O–H groups in total. The van der Waals surface area contributed by atoms with Crippen LogP contribution in [0.15, 0.2) is 58.4 Å². The molecule has 3 rings (SSSR count). The van der Waals surface area contributed by atoms with Crippen molar-refractivity contribution in [3.05, 3.63) is 65.2 Å². The van der Waals surface area contributed by atoms with Gasteiger partial charge in [0.15, 0.2) is 0 Å². The number of benzene rings is 2. The molecule has 0 spiro atoms. The normalized spacial score (nSPS) is 17.4. The highest BCUT2D eigenvalue weighted by molar-refractivity contribution is 7.90. The maximum Gasteiger partial charge on any atom is 0.416 e. The molecule has 1 unspecified atom stereocenters. The van der Waals surface area contributed by atoms with E-state index in [-0.39, 0.29) is 23.7 Å². The van der Waals surface area contributed by atoms with Crippen LogP contribution in [0.1, 0.15) is 36.1 Å². The van der Waals surface area contributed by atoms with Gasteiger partial charge in [0, 0.05) is 12.0 Å². The van der Waals surface area contributed by atoms with Crippen molar-refractivity contribution in [2.45, 2.75) is 30.5 Å². The number of rotatable bonds is 5. The number of amides is 1. The predicted octanol–water partition coefficient (Wildman–Crippen LogP) is 3.01. The number of sulfonamides is 1. The van der Waals surface area contributed by atoms with E-state index in [1.165, 1.54) is 18.2 Å². The van der Waals surface area contributed by atoms with Crippen molar-refractivity contribution < 1.29 is 26.4 Å². The summed E-state index contributed by atoms with van der Waals surface area (Å²) in [6.07, 6.45) is -4.50. The Hall–Kier alpha value is -2.88. The smallest absolute Gasteiger partial charge is 0.350 e. The first-order valence-corrected chi connectivity index (χ1v) is 10.2. The molecule has 10 heteroatoms. The monoisotopic (exact) mass is 425 g/mol. The number of hydrogen-bond donors (Lipinski definition) is 2. The molecular weight excluding hydrogens is 407 g/mol. The summed E-state index contributed by atoms with van der Waals surface area (Å²) in [7, 11) is -3.65. The van der Waals surface area contributed by atoms with Gasteiger partial charge in [-0.1, -0.05) is 24.3 Å². The molecule has 1 aliphatic rings. The van der Waals surface area contributed by atoms with E-state index in [0.717, 1.165) is 12.1 Å². The second-order valence-corrected chi connectivity index (χ2v) is 8.15. The molecule has 1 aliphatic heterocycles. The van der Waals surface area contributed by atoms with Crippen molar-refractivity contribution >= 4 is 21.8 Å². The zero-order valence-electron chi connectivity index (χ0n) is 15.3. The summed E-state index contributed by atoms with van der Waals surface area (Å²) >= 11 is 0. The van der Waals surface area contributed by atoms with E-state index in [9.17, 15) is 26.4 Å². The molecule has 2 aromatic carbocycles. The van der Waals surface area contributed by atoms with E-state index in [1.807, 2.05) is 0 Å². The molecule has 1 atom stereocenters. The van der Waals surface area contributed by atoms with Crippen LogP contribution in [0.3, 0.4) is 0 Å². The molecule has 0 saturated heterocycles. The van der Waals surface area contributed by atoms with E-state index >= 15 is 0 Å². The highest BCUT2D eigenvalue weighted by atomic mass is 32.2. The quantitative estimate of drug-likeness (QED) is 0.772. The van der Waals surface area contributed by atoms with Gasteiger partial charge < -0.3 is 5.32 Å². The molecule has 29 heavy (non-hydrogen) atoms. The Morgan fingerprint density at radius 1 is 1.17 bits per heavy atom. The Bertz CT molecular complexity index is 1070. The van der Waals surface area contributed by atoms with E-state index in [1.54, 1.807) is 25.1 Å². The minimum Gasteiger partial charge on any atom is -0.350 e. The van der Waals surface area contributed by atoms with Crippen LogP contribution in [-0.4, -0.2) is 26.7 Å². The van der Waals surface area contributed by atoms with Gasteiger partial charge in [-0.3, -0.25) is 14.5 Å². The number of nitrogens with zero attached hydrogens (tertiary/aromatic N) is 1. The van der Waals surface area contributed by atoms with Gasteiger partial charge in [0.05, 0.1) is 23.0 Å². The summed E-state index contributed by atoms with van der Waals surface area (Å²) in [5.74, 6) is -0.243. The van der Waals surface area contributed by atoms with Gasteiger partial charge in [0.2, 0.25) is 5.91 Å². The topological polar surface area (TPSA) is 87.6 Å². The van der Waals surface area contributed by atoms with Gasteiger partial charge in [-0.25, -0.2) is 8.42 Å². The van der Waals surface area contributed by atoms with Crippen molar-refractivity contribution in [2.75, 3.05) is 6.54 Å². The van der Waals surface area contributed by atoms with Crippen LogP contribution in [0.2, 0.25) is 0 Å². The van der Waals surface area contributed by atoms with Crippen LogP contribution in [0.25, 0.3) is 0 Å². The molecule has 0 saturated carbocycles. The second-order valence-electron chi connectivity index (χ2n) is 6.49. The maximum atomic E-state index is 12.8. The van der Waals surface area contributed by atoms with E-state index < -0.39 is 33.7 Å². The molecule has 0 aromatic heterocycles. The summed E-state index contributed by atoms with van der Waals surface area (Å²) in [5.41, 5.74) is -0.0168. The maximum absolute atomic E-state index is 12.8. The third kappa shape index (κ3) is 4.76. The average molecular weight is 425 g/mol. The molecule has 1 heterocycles. The number of fused-ring (bicyclic) bond motifs is 1. The first-order valence-electron chi connectivity index (χ1n) is 8.71. The fraction of sp³-hybridized carbons (Fsp3) is 0.263. The van der Waals surface area contributed by atoms with E-state index in [0.29, 0.717) is 11.1 Å². The fourth-order valence-corrected chi connectivity index (χ4v) is 4.15. The van der Waals surface area contributed by atoms with Crippen molar-refractivity contribution in [1.82, 2.24) is 10.0 Å². The lowest BCUT2D eigenvalue weighted by Crippen LogP contribution is -2.28. The number of carbonyl (C=O) groups is 1. The Morgan fingerprint density at radius 3 is 2.62 bits per heavy atom.